The van der Waals surface area contributed by atoms with Crippen LogP contribution in [0.25, 0.3) is 0 Å². The van der Waals surface area contributed by atoms with E-state index in [1.165, 1.54) is 0 Å². The summed E-state index contributed by atoms with van der Waals surface area (Å²) in [5.41, 5.74) is 2.60. The molecule has 0 heterocycles. The van der Waals surface area contributed by atoms with Crippen molar-refractivity contribution in [3.8, 4) is 11.5 Å². The molecule has 2 aromatic carbocycles. The Morgan fingerprint density at radius 1 is 1.03 bits per heavy atom. The van der Waals surface area contributed by atoms with Crippen LogP contribution < -0.4 is 14.8 Å². The van der Waals surface area contributed by atoms with Gasteiger partial charge in [0.1, 0.15) is 17.5 Å². The average Bonchev–Trinajstić information content (AvgIpc) is 2.68. The van der Waals surface area contributed by atoms with E-state index in [1.807, 2.05) is 77.1 Å². The number of nitrogens with zero attached hydrogens (tertiary/aromatic N) is 1. The SMILES string of the molecule is COc1cccc(CN(C(=O)COc2cc(C)cc(C)c2)[C@@H](C)C(=O)NC(C)(C)C)c1. The Morgan fingerprint density at radius 3 is 2.26 bits per heavy atom. The van der Waals surface area contributed by atoms with Gasteiger partial charge >= 0.3 is 0 Å². The van der Waals surface area contributed by atoms with Gasteiger partial charge in [-0.15, -0.1) is 0 Å². The summed E-state index contributed by atoms with van der Waals surface area (Å²) in [5, 5.41) is 2.95. The zero-order chi connectivity index (χ0) is 23.2. The summed E-state index contributed by atoms with van der Waals surface area (Å²) >= 11 is 0. The summed E-state index contributed by atoms with van der Waals surface area (Å²) in [6.45, 7) is 11.5. The molecule has 0 aliphatic rings. The Bertz CT molecular complexity index is 898. The third-order valence-corrected chi connectivity index (χ3v) is 4.71. The minimum atomic E-state index is -0.666. The molecule has 0 spiro atoms. The maximum atomic E-state index is 13.1. The Labute approximate surface area is 185 Å². The molecule has 0 saturated heterocycles. The number of carbonyl (C=O) groups is 2. The van der Waals surface area contributed by atoms with Crippen LogP contribution in [-0.2, 0) is 16.1 Å². The molecule has 0 aromatic heterocycles. The molecule has 1 N–H and O–H groups in total. The Morgan fingerprint density at radius 2 is 1.68 bits per heavy atom. The Balaban J connectivity index is 2.22. The number of methoxy groups -OCH3 is 1. The molecule has 0 aliphatic carbocycles. The second-order valence-electron chi connectivity index (χ2n) is 8.90. The number of nitrogens with one attached hydrogen (secondary N) is 1. The van der Waals surface area contributed by atoms with Gasteiger partial charge in [-0.05, 0) is 82.5 Å². The molecule has 6 heteroatoms. The highest BCUT2D eigenvalue weighted by Gasteiger charge is 2.28. The van der Waals surface area contributed by atoms with Gasteiger partial charge in [0.05, 0.1) is 7.11 Å². The summed E-state index contributed by atoms with van der Waals surface area (Å²) < 4.78 is 11.1. The van der Waals surface area contributed by atoms with Gasteiger partial charge in [-0.3, -0.25) is 9.59 Å². The number of rotatable bonds is 8. The fourth-order valence-electron chi connectivity index (χ4n) is 3.27. The second kappa shape index (κ2) is 10.3. The number of aryl methyl sites for hydroxylation is 2. The minimum Gasteiger partial charge on any atom is -0.497 e. The van der Waals surface area contributed by atoms with Crippen LogP contribution in [0.15, 0.2) is 42.5 Å². The highest BCUT2D eigenvalue weighted by Crippen LogP contribution is 2.19. The van der Waals surface area contributed by atoms with Crippen molar-refractivity contribution in [2.24, 2.45) is 0 Å². The molecule has 0 radical (unpaired) electrons. The molecule has 2 aromatic rings. The summed E-state index contributed by atoms with van der Waals surface area (Å²) in [4.78, 5) is 27.5. The summed E-state index contributed by atoms with van der Waals surface area (Å²) in [6.07, 6.45) is 0. The van der Waals surface area contributed by atoms with Crippen LogP contribution in [0.1, 0.15) is 44.4 Å². The van der Waals surface area contributed by atoms with E-state index < -0.39 is 11.6 Å². The van der Waals surface area contributed by atoms with Crippen molar-refractivity contribution in [2.75, 3.05) is 13.7 Å². The van der Waals surface area contributed by atoms with E-state index in [1.54, 1.807) is 18.9 Å². The Hall–Kier alpha value is -3.02. The third-order valence-electron chi connectivity index (χ3n) is 4.71. The number of amides is 2. The first-order chi connectivity index (χ1) is 14.5. The molecule has 2 rings (SSSR count). The predicted molar refractivity (Wildman–Crippen MR) is 122 cm³/mol. The quantitative estimate of drug-likeness (QED) is 0.692. The molecule has 2 amide bonds. The van der Waals surface area contributed by atoms with E-state index in [0.29, 0.717) is 11.5 Å². The molecule has 168 valence electrons. The summed E-state index contributed by atoms with van der Waals surface area (Å²) in [7, 11) is 1.60. The van der Waals surface area contributed by atoms with Gasteiger partial charge in [0.15, 0.2) is 6.61 Å². The summed E-state index contributed by atoms with van der Waals surface area (Å²) in [6, 6.07) is 12.6. The second-order valence-corrected chi connectivity index (χ2v) is 8.90. The van der Waals surface area contributed by atoms with Crippen LogP contribution in [0.4, 0.5) is 0 Å². The smallest absolute Gasteiger partial charge is 0.261 e. The van der Waals surface area contributed by atoms with Gasteiger partial charge in [-0.2, -0.15) is 0 Å². The molecule has 0 fully saturated rings. The molecule has 0 unspecified atom stereocenters. The standard InChI is InChI=1S/C25H34N2O4/c1-17-11-18(2)13-22(12-17)31-16-23(28)27(19(3)24(29)26-25(4,5)6)15-20-9-8-10-21(14-20)30-7/h8-14,19H,15-16H2,1-7H3,(H,26,29)/t19-/m0/s1. The minimum absolute atomic E-state index is 0.153. The number of hydrogen-bond acceptors (Lipinski definition) is 4. The maximum absolute atomic E-state index is 13.1. The molecule has 31 heavy (non-hydrogen) atoms. The fraction of sp³-hybridized carbons (Fsp3) is 0.440. The zero-order valence-corrected chi connectivity index (χ0v) is 19.6. The van der Waals surface area contributed by atoms with Crippen LogP contribution in [0.5, 0.6) is 11.5 Å². The van der Waals surface area contributed by atoms with Gasteiger partial charge in [-0.1, -0.05) is 18.2 Å². The van der Waals surface area contributed by atoms with Crippen LogP contribution in [0.2, 0.25) is 0 Å². The fourth-order valence-corrected chi connectivity index (χ4v) is 3.27. The van der Waals surface area contributed by atoms with Crippen LogP contribution in [0.3, 0.4) is 0 Å². The van der Waals surface area contributed by atoms with Crippen molar-refractivity contribution in [3.05, 3.63) is 59.2 Å². The molecular formula is C25H34N2O4. The number of ether oxygens (including phenoxy) is 2. The number of benzene rings is 2. The molecule has 0 bridgehead atoms. The maximum Gasteiger partial charge on any atom is 0.261 e. The van der Waals surface area contributed by atoms with Crippen molar-refractivity contribution >= 4 is 11.8 Å². The monoisotopic (exact) mass is 426 g/mol. The largest absolute Gasteiger partial charge is 0.497 e. The molecule has 1 atom stereocenters. The van der Waals surface area contributed by atoms with Crippen molar-refractivity contribution in [2.45, 2.75) is 59.7 Å². The first kappa shape index (κ1) is 24.3. The lowest BCUT2D eigenvalue weighted by Crippen LogP contribution is -2.53. The normalized spacial score (nSPS) is 12.1. The van der Waals surface area contributed by atoms with Crippen molar-refractivity contribution in [1.29, 1.82) is 0 Å². The van der Waals surface area contributed by atoms with Gasteiger partial charge in [0.2, 0.25) is 5.91 Å². The van der Waals surface area contributed by atoms with E-state index >= 15 is 0 Å². The molecular weight excluding hydrogens is 392 g/mol. The topological polar surface area (TPSA) is 67.9 Å². The number of carbonyl (C=O) groups excluding carboxylic acids is 2. The van der Waals surface area contributed by atoms with Crippen LogP contribution in [0, 0.1) is 13.8 Å². The third kappa shape index (κ3) is 7.63. The highest BCUT2D eigenvalue weighted by atomic mass is 16.5. The van der Waals surface area contributed by atoms with Crippen LogP contribution >= 0.6 is 0 Å². The number of hydrogen-bond donors (Lipinski definition) is 1. The Kier molecular flexibility index (Phi) is 8.08. The van der Waals surface area contributed by atoms with Crippen molar-refractivity contribution in [1.82, 2.24) is 10.2 Å². The predicted octanol–water partition coefficient (Wildman–Crippen LogP) is 4.02. The van der Waals surface area contributed by atoms with Gasteiger partial charge < -0.3 is 19.7 Å². The van der Waals surface area contributed by atoms with Gasteiger partial charge in [-0.25, -0.2) is 0 Å². The van der Waals surface area contributed by atoms with E-state index in [-0.39, 0.29) is 25.0 Å². The lowest BCUT2D eigenvalue weighted by Gasteiger charge is -2.31. The van der Waals surface area contributed by atoms with Crippen molar-refractivity contribution < 1.29 is 19.1 Å². The average molecular weight is 427 g/mol. The van der Waals surface area contributed by atoms with Crippen LogP contribution in [-0.4, -0.2) is 42.0 Å². The van der Waals surface area contributed by atoms with Gasteiger partial charge in [0, 0.05) is 12.1 Å². The first-order valence-corrected chi connectivity index (χ1v) is 10.4. The molecule has 0 aliphatic heterocycles. The van der Waals surface area contributed by atoms with E-state index in [4.69, 9.17) is 9.47 Å². The van der Waals surface area contributed by atoms with E-state index in [2.05, 4.69) is 5.32 Å². The summed E-state index contributed by atoms with van der Waals surface area (Å²) in [5.74, 6) is 0.857. The lowest BCUT2D eigenvalue weighted by atomic mass is 10.1. The van der Waals surface area contributed by atoms with E-state index in [9.17, 15) is 9.59 Å². The van der Waals surface area contributed by atoms with Crippen molar-refractivity contribution in [3.63, 3.8) is 0 Å². The highest BCUT2D eigenvalue weighted by molar-refractivity contribution is 5.88. The first-order valence-electron chi connectivity index (χ1n) is 10.4. The van der Waals surface area contributed by atoms with E-state index in [0.717, 1.165) is 16.7 Å². The molecule has 0 saturated carbocycles. The lowest BCUT2D eigenvalue weighted by molar-refractivity contribution is -0.142. The zero-order valence-electron chi connectivity index (χ0n) is 19.6. The molecule has 6 nitrogen and oxygen atoms in total. The van der Waals surface area contributed by atoms with Gasteiger partial charge in [0.25, 0.3) is 5.91 Å².